The molecule has 1 aromatic heterocycles. The van der Waals surface area contributed by atoms with Crippen LogP contribution in [0.1, 0.15) is 60.9 Å². The Balaban J connectivity index is 2.40. The van der Waals surface area contributed by atoms with Gasteiger partial charge in [0, 0.05) is 29.9 Å². The summed E-state index contributed by atoms with van der Waals surface area (Å²) in [6.45, 7) is 8.92. The van der Waals surface area contributed by atoms with Gasteiger partial charge in [0.05, 0.1) is 13.0 Å². The fraction of sp³-hybridized carbons (Fsp3) is 0.611. The monoisotopic (exact) mass is 333 g/mol. The Hall–Kier alpha value is -2.11. The van der Waals surface area contributed by atoms with Gasteiger partial charge in [0.15, 0.2) is 5.78 Å². The molecule has 0 atom stereocenters. The molecule has 6 nitrogen and oxygen atoms in total. The van der Waals surface area contributed by atoms with E-state index in [0.29, 0.717) is 6.42 Å². The van der Waals surface area contributed by atoms with Crippen molar-refractivity contribution in [3.05, 3.63) is 22.5 Å². The number of hydrogen-bond acceptors (Lipinski definition) is 3. The molecule has 0 fully saturated rings. The largest absolute Gasteiger partial charge is 0.368 e. The van der Waals surface area contributed by atoms with Crippen LogP contribution in [0.4, 0.5) is 0 Å². The molecule has 3 N–H and O–H groups in total. The zero-order chi connectivity index (χ0) is 18.1. The number of primary amides is 1. The van der Waals surface area contributed by atoms with Crippen LogP contribution in [0.2, 0.25) is 0 Å². The molecule has 2 amide bonds. The number of carbonyl (C=O) groups excluding carboxylic acids is 3. The third-order valence-electron chi connectivity index (χ3n) is 4.57. The van der Waals surface area contributed by atoms with Crippen LogP contribution in [0.5, 0.6) is 0 Å². The highest BCUT2D eigenvalue weighted by atomic mass is 16.2. The topological polar surface area (TPSA) is 94.2 Å². The average molecular weight is 333 g/mol. The standard InChI is InChI=1S/C18H27N3O3/c1-5-6-21-11(2)12(7-16(24)20-10-15(19)23)17-13(21)8-18(3,4)9-14(17)22/h5-10H2,1-4H3,(H2,19,23)(H,20,24). The minimum absolute atomic E-state index is 0.0636. The molecule has 0 radical (unpaired) electrons. The molecule has 1 aliphatic carbocycles. The van der Waals surface area contributed by atoms with E-state index in [4.69, 9.17) is 5.73 Å². The van der Waals surface area contributed by atoms with E-state index in [0.717, 1.165) is 41.9 Å². The number of rotatable bonds is 6. The second kappa shape index (κ2) is 6.79. The molecule has 0 aliphatic heterocycles. The molecular weight excluding hydrogens is 306 g/mol. The van der Waals surface area contributed by atoms with Gasteiger partial charge in [-0.05, 0) is 30.7 Å². The van der Waals surface area contributed by atoms with E-state index in [1.54, 1.807) is 0 Å². The van der Waals surface area contributed by atoms with Crippen molar-refractivity contribution in [3.8, 4) is 0 Å². The fourth-order valence-electron chi connectivity index (χ4n) is 3.56. The number of nitrogens with zero attached hydrogens (tertiary/aromatic N) is 1. The molecule has 24 heavy (non-hydrogen) atoms. The molecule has 132 valence electrons. The zero-order valence-corrected chi connectivity index (χ0v) is 15.0. The SMILES string of the molecule is CCCn1c(C)c(CC(=O)NCC(N)=O)c2c1CC(C)(C)CC2=O. The van der Waals surface area contributed by atoms with Gasteiger partial charge in [-0.1, -0.05) is 20.8 Å². The van der Waals surface area contributed by atoms with E-state index in [9.17, 15) is 14.4 Å². The van der Waals surface area contributed by atoms with Crippen LogP contribution in [-0.4, -0.2) is 28.7 Å². The lowest BCUT2D eigenvalue weighted by Crippen LogP contribution is -2.34. The minimum atomic E-state index is -0.580. The molecule has 1 aliphatic rings. The number of aromatic nitrogens is 1. The number of amides is 2. The van der Waals surface area contributed by atoms with Gasteiger partial charge < -0.3 is 15.6 Å². The first kappa shape index (κ1) is 18.2. The fourth-order valence-corrected chi connectivity index (χ4v) is 3.56. The lowest BCUT2D eigenvalue weighted by Gasteiger charge is -2.30. The summed E-state index contributed by atoms with van der Waals surface area (Å²) in [5, 5.41) is 2.50. The van der Waals surface area contributed by atoms with Gasteiger partial charge in [-0.2, -0.15) is 0 Å². The van der Waals surface area contributed by atoms with E-state index >= 15 is 0 Å². The van der Waals surface area contributed by atoms with Gasteiger partial charge in [-0.25, -0.2) is 0 Å². The van der Waals surface area contributed by atoms with Crippen molar-refractivity contribution in [2.45, 2.75) is 59.9 Å². The van der Waals surface area contributed by atoms with Gasteiger partial charge in [0.1, 0.15) is 0 Å². The Morgan fingerprint density at radius 3 is 2.54 bits per heavy atom. The lowest BCUT2D eigenvalue weighted by atomic mass is 9.75. The van der Waals surface area contributed by atoms with Crippen LogP contribution < -0.4 is 11.1 Å². The molecule has 1 heterocycles. The minimum Gasteiger partial charge on any atom is -0.368 e. The normalized spacial score (nSPS) is 15.9. The summed E-state index contributed by atoms with van der Waals surface area (Å²) >= 11 is 0. The van der Waals surface area contributed by atoms with E-state index in [-0.39, 0.29) is 30.1 Å². The van der Waals surface area contributed by atoms with Crippen molar-refractivity contribution < 1.29 is 14.4 Å². The number of nitrogens with two attached hydrogens (primary N) is 1. The van der Waals surface area contributed by atoms with Gasteiger partial charge >= 0.3 is 0 Å². The van der Waals surface area contributed by atoms with Crippen molar-refractivity contribution in [2.24, 2.45) is 11.1 Å². The third-order valence-corrected chi connectivity index (χ3v) is 4.57. The van der Waals surface area contributed by atoms with Crippen LogP contribution in [-0.2, 0) is 29.0 Å². The number of carbonyl (C=O) groups is 3. The van der Waals surface area contributed by atoms with Crippen LogP contribution in [0.3, 0.4) is 0 Å². The van der Waals surface area contributed by atoms with Crippen LogP contribution >= 0.6 is 0 Å². The Labute approximate surface area is 142 Å². The molecule has 1 aromatic rings. The summed E-state index contributed by atoms with van der Waals surface area (Å²) in [6, 6.07) is 0. The van der Waals surface area contributed by atoms with E-state index in [1.165, 1.54) is 0 Å². The summed E-state index contributed by atoms with van der Waals surface area (Å²) in [4.78, 5) is 35.7. The molecule has 0 unspecified atom stereocenters. The Morgan fingerprint density at radius 1 is 1.29 bits per heavy atom. The van der Waals surface area contributed by atoms with Crippen molar-refractivity contribution >= 4 is 17.6 Å². The Morgan fingerprint density at radius 2 is 1.96 bits per heavy atom. The highest BCUT2D eigenvalue weighted by molar-refractivity contribution is 6.02. The predicted octanol–water partition coefficient (Wildman–Crippen LogP) is 1.51. The summed E-state index contributed by atoms with van der Waals surface area (Å²) < 4.78 is 2.19. The van der Waals surface area contributed by atoms with Gasteiger partial charge in [0.2, 0.25) is 11.8 Å². The summed E-state index contributed by atoms with van der Waals surface area (Å²) in [5.41, 5.74) is 8.53. The van der Waals surface area contributed by atoms with Crippen LogP contribution in [0.25, 0.3) is 0 Å². The maximum Gasteiger partial charge on any atom is 0.236 e. The summed E-state index contributed by atoms with van der Waals surface area (Å²) in [7, 11) is 0. The summed E-state index contributed by atoms with van der Waals surface area (Å²) in [6.07, 6.45) is 2.39. The molecule has 0 spiro atoms. The van der Waals surface area contributed by atoms with Crippen molar-refractivity contribution in [3.63, 3.8) is 0 Å². The molecular formula is C18H27N3O3. The maximum atomic E-state index is 12.7. The smallest absolute Gasteiger partial charge is 0.236 e. The van der Waals surface area contributed by atoms with Gasteiger partial charge in [0.25, 0.3) is 0 Å². The second-order valence-corrected chi connectivity index (χ2v) is 7.40. The first-order chi connectivity index (χ1) is 11.2. The molecule has 0 bridgehead atoms. The quantitative estimate of drug-likeness (QED) is 0.826. The number of hydrogen-bond donors (Lipinski definition) is 2. The molecule has 0 saturated carbocycles. The number of ketones is 1. The van der Waals surface area contributed by atoms with Crippen molar-refractivity contribution in [1.29, 1.82) is 0 Å². The van der Waals surface area contributed by atoms with Gasteiger partial charge in [-0.15, -0.1) is 0 Å². The number of fused-ring (bicyclic) bond motifs is 1. The summed E-state index contributed by atoms with van der Waals surface area (Å²) in [5.74, 6) is -0.758. The second-order valence-electron chi connectivity index (χ2n) is 7.40. The van der Waals surface area contributed by atoms with E-state index in [1.807, 2.05) is 6.92 Å². The zero-order valence-electron chi connectivity index (χ0n) is 15.0. The Bertz CT molecular complexity index is 686. The lowest BCUT2D eigenvalue weighted by molar-refractivity contribution is -0.124. The first-order valence-corrected chi connectivity index (χ1v) is 8.45. The third kappa shape index (κ3) is 3.68. The highest BCUT2D eigenvalue weighted by Crippen LogP contribution is 2.38. The first-order valence-electron chi connectivity index (χ1n) is 8.45. The Kier molecular flexibility index (Phi) is 5.16. The number of Topliss-reactive ketones (excluding diaryl/α,β-unsaturated/α-hetero) is 1. The van der Waals surface area contributed by atoms with Crippen molar-refractivity contribution in [2.75, 3.05) is 6.54 Å². The average Bonchev–Trinajstić information content (AvgIpc) is 2.70. The van der Waals surface area contributed by atoms with Crippen molar-refractivity contribution in [1.82, 2.24) is 9.88 Å². The highest BCUT2D eigenvalue weighted by Gasteiger charge is 2.36. The van der Waals surface area contributed by atoms with Crippen LogP contribution in [0, 0.1) is 12.3 Å². The number of nitrogens with one attached hydrogen (secondary N) is 1. The molecule has 2 rings (SSSR count). The van der Waals surface area contributed by atoms with E-state index < -0.39 is 5.91 Å². The van der Waals surface area contributed by atoms with Crippen LogP contribution in [0.15, 0.2) is 0 Å². The van der Waals surface area contributed by atoms with Gasteiger partial charge in [-0.3, -0.25) is 14.4 Å². The predicted molar refractivity (Wildman–Crippen MR) is 91.8 cm³/mol. The maximum absolute atomic E-state index is 12.7. The molecule has 6 heteroatoms. The van der Waals surface area contributed by atoms with E-state index in [2.05, 4.69) is 30.7 Å². The molecule has 0 saturated heterocycles. The molecule has 0 aromatic carbocycles.